The molecule has 1 aliphatic carbocycles. The molecule has 2 aliphatic heterocycles. The number of hydrogen-bond donors (Lipinski definition) is 2. The van der Waals surface area contributed by atoms with E-state index in [9.17, 15) is 15.0 Å². The number of epoxide rings is 1. The van der Waals surface area contributed by atoms with E-state index in [1.165, 1.54) is 0 Å². The number of rotatable bonds is 1. The molecule has 0 spiro atoms. The van der Waals surface area contributed by atoms with Gasteiger partial charge in [-0.05, 0) is 31.8 Å². The van der Waals surface area contributed by atoms with E-state index in [0.717, 1.165) is 18.4 Å². The monoisotopic (exact) mass is 280 g/mol. The Morgan fingerprint density at radius 2 is 2.30 bits per heavy atom. The molecule has 20 heavy (non-hydrogen) atoms. The number of hydrogen-bond acceptors (Lipinski definition) is 5. The van der Waals surface area contributed by atoms with Crippen molar-refractivity contribution < 1.29 is 24.5 Å². The number of fused-ring (bicyclic) bond motifs is 3. The van der Waals surface area contributed by atoms with Crippen LogP contribution in [0.5, 0.6) is 0 Å². The van der Waals surface area contributed by atoms with Crippen molar-refractivity contribution in [2.45, 2.75) is 50.1 Å². The predicted molar refractivity (Wildman–Crippen MR) is 70.8 cm³/mol. The average Bonchev–Trinajstić information content (AvgIpc) is 2.98. The summed E-state index contributed by atoms with van der Waals surface area (Å²) in [4.78, 5) is 11.7. The molecule has 0 aromatic rings. The maximum Gasteiger partial charge on any atom is 0.334 e. The Morgan fingerprint density at radius 3 is 3.00 bits per heavy atom. The van der Waals surface area contributed by atoms with Gasteiger partial charge in [0.1, 0.15) is 12.2 Å². The van der Waals surface area contributed by atoms with Crippen molar-refractivity contribution in [3.63, 3.8) is 0 Å². The Kier molecular flexibility index (Phi) is 3.23. The van der Waals surface area contributed by atoms with Gasteiger partial charge < -0.3 is 19.7 Å². The maximum absolute atomic E-state index is 11.7. The number of aliphatic hydroxyl groups excluding tert-OH is 2. The van der Waals surface area contributed by atoms with E-state index in [-0.39, 0.29) is 18.3 Å². The van der Waals surface area contributed by atoms with Gasteiger partial charge in [-0.3, -0.25) is 0 Å². The summed E-state index contributed by atoms with van der Waals surface area (Å²) in [7, 11) is 0. The third-order valence-corrected chi connectivity index (χ3v) is 4.66. The summed E-state index contributed by atoms with van der Waals surface area (Å²) >= 11 is 0. The zero-order valence-electron chi connectivity index (χ0n) is 11.5. The van der Waals surface area contributed by atoms with Crippen LogP contribution in [-0.4, -0.2) is 46.7 Å². The van der Waals surface area contributed by atoms with Crippen LogP contribution in [0, 0.1) is 5.92 Å². The minimum absolute atomic E-state index is 0.0866. The van der Waals surface area contributed by atoms with E-state index in [1.54, 1.807) is 0 Å². The van der Waals surface area contributed by atoms with Gasteiger partial charge >= 0.3 is 5.97 Å². The van der Waals surface area contributed by atoms with E-state index >= 15 is 0 Å². The Labute approximate surface area is 117 Å². The molecule has 0 aromatic carbocycles. The van der Waals surface area contributed by atoms with Crippen molar-refractivity contribution in [1.29, 1.82) is 0 Å². The molecule has 110 valence electrons. The first-order valence-corrected chi connectivity index (χ1v) is 7.00. The van der Waals surface area contributed by atoms with E-state index in [2.05, 4.69) is 6.58 Å². The van der Waals surface area contributed by atoms with Gasteiger partial charge in [0, 0.05) is 5.57 Å². The molecule has 5 heteroatoms. The second kappa shape index (κ2) is 4.69. The summed E-state index contributed by atoms with van der Waals surface area (Å²) in [5, 5.41) is 19.8. The summed E-state index contributed by atoms with van der Waals surface area (Å²) < 4.78 is 11.1. The first-order chi connectivity index (χ1) is 9.46. The van der Waals surface area contributed by atoms with Gasteiger partial charge in [0.05, 0.1) is 24.2 Å². The summed E-state index contributed by atoms with van der Waals surface area (Å²) in [6.45, 7) is 5.65. The molecular weight excluding hydrogens is 260 g/mol. The highest BCUT2D eigenvalue weighted by molar-refractivity contribution is 5.91. The third kappa shape index (κ3) is 2.10. The SMILES string of the molecule is C=C1C(=O)O[C@H]2[C@H]1[C@H](O)C/C(CO)=C/CC[C@]1(C)O[C@@H]21. The lowest BCUT2D eigenvalue weighted by Crippen LogP contribution is -2.36. The summed E-state index contributed by atoms with van der Waals surface area (Å²) in [5.74, 6) is -0.909. The molecule has 0 radical (unpaired) electrons. The quantitative estimate of drug-likeness (QED) is 0.320. The molecule has 5 atom stereocenters. The largest absolute Gasteiger partial charge is 0.455 e. The lowest BCUT2D eigenvalue weighted by Gasteiger charge is -2.24. The standard InChI is InChI=1S/C15H20O5/c1-8-11-10(17)6-9(7-16)4-3-5-15(2)13(20-15)12(11)19-14(8)18/h4,10-13,16-17H,1,3,5-7H2,2H3/b9-4-/t10-,11-,12+,13+,15+/m1/s1. The van der Waals surface area contributed by atoms with Crippen LogP contribution in [0.25, 0.3) is 0 Å². The lowest BCUT2D eigenvalue weighted by atomic mass is 9.82. The molecule has 2 fully saturated rings. The van der Waals surface area contributed by atoms with Crippen LogP contribution >= 0.6 is 0 Å². The lowest BCUT2D eigenvalue weighted by molar-refractivity contribution is -0.140. The van der Waals surface area contributed by atoms with Crippen molar-refractivity contribution in [3.05, 3.63) is 23.8 Å². The Morgan fingerprint density at radius 1 is 1.55 bits per heavy atom. The molecule has 0 bridgehead atoms. The number of allylic oxidation sites excluding steroid dienone is 1. The van der Waals surface area contributed by atoms with Gasteiger partial charge in [0.2, 0.25) is 0 Å². The molecule has 3 aliphatic rings. The number of ether oxygens (including phenoxy) is 2. The van der Waals surface area contributed by atoms with E-state index < -0.39 is 24.1 Å². The third-order valence-electron chi connectivity index (χ3n) is 4.66. The van der Waals surface area contributed by atoms with Gasteiger partial charge in [-0.25, -0.2) is 4.79 Å². The first-order valence-electron chi connectivity index (χ1n) is 7.00. The first kappa shape index (κ1) is 13.8. The minimum atomic E-state index is -0.788. The smallest absolute Gasteiger partial charge is 0.334 e. The van der Waals surface area contributed by atoms with Crippen LogP contribution in [0.2, 0.25) is 0 Å². The van der Waals surface area contributed by atoms with Crippen molar-refractivity contribution in [2.75, 3.05) is 6.61 Å². The van der Waals surface area contributed by atoms with Crippen LogP contribution in [0.3, 0.4) is 0 Å². The topological polar surface area (TPSA) is 79.3 Å². The molecule has 0 unspecified atom stereocenters. The van der Waals surface area contributed by atoms with Crippen LogP contribution in [0.15, 0.2) is 23.8 Å². The van der Waals surface area contributed by atoms with Gasteiger partial charge in [-0.2, -0.15) is 0 Å². The summed E-state index contributed by atoms with van der Waals surface area (Å²) in [5.41, 5.74) is 0.770. The molecule has 5 nitrogen and oxygen atoms in total. The fraction of sp³-hybridized carbons (Fsp3) is 0.667. The highest BCUT2D eigenvalue weighted by Crippen LogP contribution is 2.49. The fourth-order valence-electron chi connectivity index (χ4n) is 3.35. The van der Waals surface area contributed by atoms with Crippen molar-refractivity contribution in [3.8, 4) is 0 Å². The molecule has 2 N–H and O–H groups in total. The van der Waals surface area contributed by atoms with Gasteiger partial charge in [-0.1, -0.05) is 12.7 Å². The number of aliphatic hydroxyl groups is 2. The van der Waals surface area contributed by atoms with Crippen LogP contribution in [0.4, 0.5) is 0 Å². The molecule has 2 saturated heterocycles. The van der Waals surface area contributed by atoms with Crippen LogP contribution < -0.4 is 0 Å². The second-order valence-corrected chi connectivity index (χ2v) is 6.10. The highest BCUT2D eigenvalue weighted by atomic mass is 16.6. The Hall–Kier alpha value is -1.17. The molecule has 0 saturated carbocycles. The average molecular weight is 280 g/mol. The van der Waals surface area contributed by atoms with Crippen molar-refractivity contribution >= 4 is 5.97 Å². The van der Waals surface area contributed by atoms with Crippen LogP contribution in [0.1, 0.15) is 26.2 Å². The Bertz CT molecular complexity index is 483. The van der Waals surface area contributed by atoms with E-state index in [0.29, 0.717) is 12.0 Å². The second-order valence-electron chi connectivity index (χ2n) is 6.10. The number of carbonyl (C=O) groups is 1. The van der Waals surface area contributed by atoms with Gasteiger partial charge in [0.15, 0.2) is 0 Å². The Balaban J connectivity index is 1.92. The maximum atomic E-state index is 11.7. The number of esters is 1. The molecular formula is C15H20O5. The molecule has 3 rings (SSSR count). The predicted octanol–water partition coefficient (Wildman–Crippen LogP) is 0.705. The normalized spacial score (nSPS) is 46.9. The number of carbonyl (C=O) groups excluding carboxylic acids is 1. The fourth-order valence-corrected chi connectivity index (χ4v) is 3.35. The summed E-state index contributed by atoms with van der Waals surface area (Å²) in [6.07, 6.45) is 2.45. The van der Waals surface area contributed by atoms with Gasteiger partial charge in [-0.15, -0.1) is 0 Å². The zero-order chi connectivity index (χ0) is 14.5. The molecule has 2 heterocycles. The molecule has 0 amide bonds. The van der Waals surface area contributed by atoms with Crippen LogP contribution in [-0.2, 0) is 14.3 Å². The van der Waals surface area contributed by atoms with E-state index in [1.807, 2.05) is 13.0 Å². The molecule has 0 aromatic heterocycles. The zero-order valence-corrected chi connectivity index (χ0v) is 11.5. The highest BCUT2D eigenvalue weighted by Gasteiger charge is 2.62. The minimum Gasteiger partial charge on any atom is -0.455 e. The summed E-state index contributed by atoms with van der Waals surface area (Å²) in [6, 6.07) is 0. The van der Waals surface area contributed by atoms with E-state index in [4.69, 9.17) is 9.47 Å². The van der Waals surface area contributed by atoms with Gasteiger partial charge in [0.25, 0.3) is 0 Å². The van der Waals surface area contributed by atoms with Crippen molar-refractivity contribution in [2.24, 2.45) is 5.92 Å². The van der Waals surface area contributed by atoms with Crippen molar-refractivity contribution in [1.82, 2.24) is 0 Å².